The molecule has 0 aliphatic carbocycles. The summed E-state index contributed by atoms with van der Waals surface area (Å²) in [6.45, 7) is 6.77. The fraction of sp³-hybridized carbons (Fsp3) is 0.474. The predicted octanol–water partition coefficient (Wildman–Crippen LogP) is 1.76. The van der Waals surface area contributed by atoms with E-state index in [1.54, 1.807) is 7.11 Å². The lowest BCUT2D eigenvalue weighted by Gasteiger charge is -2.29. The van der Waals surface area contributed by atoms with Crippen molar-refractivity contribution in [3.63, 3.8) is 0 Å². The lowest BCUT2D eigenvalue weighted by Crippen LogP contribution is -2.41. The Morgan fingerprint density at radius 3 is 2.28 bits per heavy atom. The summed E-state index contributed by atoms with van der Waals surface area (Å²) in [5.41, 5.74) is 1.72. The van der Waals surface area contributed by atoms with Gasteiger partial charge in [-0.15, -0.1) is 0 Å². The summed E-state index contributed by atoms with van der Waals surface area (Å²) in [6.07, 6.45) is 0. The quantitative estimate of drug-likeness (QED) is 0.762. The predicted molar refractivity (Wildman–Crippen MR) is 93.9 cm³/mol. The van der Waals surface area contributed by atoms with E-state index in [-0.39, 0.29) is 17.7 Å². The number of amides is 2. The number of benzene rings is 1. The highest BCUT2D eigenvalue weighted by atomic mass is 16.5. The molecule has 2 heterocycles. The Bertz CT molecular complexity index is 688. The van der Waals surface area contributed by atoms with Gasteiger partial charge in [0, 0.05) is 19.6 Å². The van der Waals surface area contributed by atoms with E-state index in [9.17, 15) is 9.59 Å². The number of imide groups is 1. The number of morpholine rings is 1. The van der Waals surface area contributed by atoms with E-state index in [4.69, 9.17) is 9.47 Å². The largest absolute Gasteiger partial charge is 0.497 e. The molecule has 1 aromatic rings. The smallest absolute Gasteiger partial charge is 0.277 e. The highest BCUT2D eigenvalue weighted by molar-refractivity contribution is 6.35. The zero-order chi connectivity index (χ0) is 18.0. The van der Waals surface area contributed by atoms with E-state index in [1.165, 1.54) is 4.90 Å². The maximum absolute atomic E-state index is 13.0. The summed E-state index contributed by atoms with van der Waals surface area (Å²) in [4.78, 5) is 29.4. The molecule has 6 heteroatoms. The minimum absolute atomic E-state index is 0.202. The summed E-state index contributed by atoms with van der Waals surface area (Å²) < 4.78 is 10.6. The van der Waals surface area contributed by atoms with Gasteiger partial charge < -0.3 is 14.4 Å². The molecule has 0 N–H and O–H groups in total. The van der Waals surface area contributed by atoms with Crippen LogP contribution in [-0.2, 0) is 14.3 Å². The van der Waals surface area contributed by atoms with Crippen molar-refractivity contribution in [1.29, 1.82) is 0 Å². The molecule has 0 unspecified atom stereocenters. The first kappa shape index (κ1) is 17.5. The van der Waals surface area contributed by atoms with Gasteiger partial charge in [0.05, 0.1) is 25.9 Å². The van der Waals surface area contributed by atoms with Gasteiger partial charge in [0.15, 0.2) is 0 Å². The van der Waals surface area contributed by atoms with E-state index in [0.717, 1.165) is 5.56 Å². The highest BCUT2D eigenvalue weighted by Gasteiger charge is 2.41. The number of methoxy groups -OCH3 is 1. The maximum Gasteiger partial charge on any atom is 0.277 e. The lowest BCUT2D eigenvalue weighted by atomic mass is 10.0. The van der Waals surface area contributed by atoms with Crippen LogP contribution in [0, 0.1) is 5.92 Å². The van der Waals surface area contributed by atoms with E-state index < -0.39 is 0 Å². The molecule has 2 aliphatic heterocycles. The molecule has 2 amide bonds. The molecule has 0 spiro atoms. The van der Waals surface area contributed by atoms with Crippen LogP contribution < -0.4 is 4.74 Å². The molecular weight excluding hydrogens is 320 g/mol. The Labute approximate surface area is 148 Å². The SMILES string of the molecule is COc1ccc(C2=C(N3CCOCC3)C(=O)N(CC(C)C)C2=O)cc1. The van der Waals surface area contributed by atoms with E-state index >= 15 is 0 Å². The number of carbonyl (C=O) groups is 2. The third-order valence-corrected chi connectivity index (χ3v) is 4.40. The van der Waals surface area contributed by atoms with Gasteiger partial charge in [-0.25, -0.2) is 0 Å². The van der Waals surface area contributed by atoms with Gasteiger partial charge in [0.1, 0.15) is 11.4 Å². The third kappa shape index (κ3) is 3.39. The number of nitrogens with zero attached hydrogens (tertiary/aromatic N) is 2. The summed E-state index contributed by atoms with van der Waals surface area (Å²) >= 11 is 0. The standard InChI is InChI=1S/C19H24N2O4/c1-13(2)12-21-18(22)16(14-4-6-15(24-3)7-5-14)17(19(21)23)20-8-10-25-11-9-20/h4-7,13H,8-12H2,1-3H3. The van der Waals surface area contributed by atoms with Crippen LogP contribution in [0.1, 0.15) is 19.4 Å². The minimum atomic E-state index is -0.217. The molecule has 6 nitrogen and oxygen atoms in total. The monoisotopic (exact) mass is 344 g/mol. The molecule has 0 atom stereocenters. The Morgan fingerprint density at radius 1 is 1.08 bits per heavy atom. The summed E-state index contributed by atoms with van der Waals surface area (Å²) in [6, 6.07) is 7.28. The first-order chi connectivity index (χ1) is 12.0. The van der Waals surface area contributed by atoms with Gasteiger partial charge in [0.2, 0.25) is 0 Å². The second-order valence-corrected chi connectivity index (χ2v) is 6.67. The van der Waals surface area contributed by atoms with Crippen LogP contribution in [0.3, 0.4) is 0 Å². The Kier molecular flexibility index (Phi) is 5.08. The van der Waals surface area contributed by atoms with Crippen LogP contribution in [0.2, 0.25) is 0 Å². The molecule has 0 bridgehead atoms. The molecule has 0 radical (unpaired) electrons. The van der Waals surface area contributed by atoms with Gasteiger partial charge in [0.25, 0.3) is 11.8 Å². The molecule has 0 saturated carbocycles. The average Bonchev–Trinajstić information content (AvgIpc) is 2.87. The zero-order valence-electron chi connectivity index (χ0n) is 14.9. The van der Waals surface area contributed by atoms with Gasteiger partial charge in [-0.3, -0.25) is 14.5 Å². The van der Waals surface area contributed by atoms with Crippen LogP contribution in [0.15, 0.2) is 30.0 Å². The van der Waals surface area contributed by atoms with Crippen LogP contribution in [-0.4, -0.2) is 61.6 Å². The number of ether oxygens (including phenoxy) is 2. The van der Waals surface area contributed by atoms with Crippen molar-refractivity contribution in [3.8, 4) is 5.75 Å². The number of rotatable bonds is 5. The lowest BCUT2D eigenvalue weighted by molar-refractivity contribution is -0.138. The van der Waals surface area contributed by atoms with Gasteiger partial charge >= 0.3 is 0 Å². The first-order valence-electron chi connectivity index (χ1n) is 8.60. The Hall–Kier alpha value is -2.34. The second-order valence-electron chi connectivity index (χ2n) is 6.67. The molecule has 25 heavy (non-hydrogen) atoms. The fourth-order valence-electron chi connectivity index (χ4n) is 3.19. The van der Waals surface area contributed by atoms with E-state index in [2.05, 4.69) is 0 Å². The molecule has 0 aromatic heterocycles. The molecule has 1 aromatic carbocycles. The van der Waals surface area contributed by atoms with Crippen LogP contribution in [0.4, 0.5) is 0 Å². The normalized spacial score (nSPS) is 18.6. The van der Waals surface area contributed by atoms with Crippen molar-refractivity contribution in [1.82, 2.24) is 9.80 Å². The number of carbonyl (C=O) groups excluding carboxylic acids is 2. The van der Waals surface area contributed by atoms with Crippen LogP contribution in [0.5, 0.6) is 5.75 Å². The van der Waals surface area contributed by atoms with Gasteiger partial charge in [-0.05, 0) is 23.6 Å². The highest BCUT2D eigenvalue weighted by Crippen LogP contribution is 2.33. The Morgan fingerprint density at radius 2 is 1.72 bits per heavy atom. The van der Waals surface area contributed by atoms with Crippen molar-refractivity contribution >= 4 is 17.4 Å². The van der Waals surface area contributed by atoms with Crippen molar-refractivity contribution in [2.75, 3.05) is 40.0 Å². The van der Waals surface area contributed by atoms with E-state index in [0.29, 0.717) is 49.9 Å². The van der Waals surface area contributed by atoms with Crippen LogP contribution in [0.25, 0.3) is 5.57 Å². The minimum Gasteiger partial charge on any atom is -0.497 e. The third-order valence-electron chi connectivity index (χ3n) is 4.40. The van der Waals surface area contributed by atoms with Gasteiger partial charge in [-0.1, -0.05) is 26.0 Å². The maximum atomic E-state index is 13.0. The average molecular weight is 344 g/mol. The molecule has 1 saturated heterocycles. The van der Waals surface area contributed by atoms with E-state index in [1.807, 2.05) is 43.0 Å². The fourth-order valence-corrected chi connectivity index (χ4v) is 3.19. The first-order valence-corrected chi connectivity index (χ1v) is 8.60. The van der Waals surface area contributed by atoms with Crippen LogP contribution >= 0.6 is 0 Å². The van der Waals surface area contributed by atoms with Crippen molar-refractivity contribution in [3.05, 3.63) is 35.5 Å². The Balaban J connectivity index is 2.03. The molecule has 3 rings (SSSR count). The number of hydrogen-bond donors (Lipinski definition) is 0. The van der Waals surface area contributed by atoms with Crippen molar-refractivity contribution in [2.24, 2.45) is 5.92 Å². The van der Waals surface area contributed by atoms with Crippen molar-refractivity contribution < 1.29 is 19.1 Å². The summed E-state index contributed by atoms with van der Waals surface area (Å²) in [7, 11) is 1.60. The van der Waals surface area contributed by atoms with Crippen molar-refractivity contribution in [2.45, 2.75) is 13.8 Å². The molecular formula is C19H24N2O4. The second kappa shape index (κ2) is 7.27. The summed E-state index contributed by atoms with van der Waals surface area (Å²) in [5, 5.41) is 0. The molecule has 134 valence electrons. The zero-order valence-corrected chi connectivity index (χ0v) is 14.9. The summed E-state index contributed by atoms with van der Waals surface area (Å²) in [5.74, 6) is 0.513. The van der Waals surface area contributed by atoms with Gasteiger partial charge in [-0.2, -0.15) is 0 Å². The molecule has 2 aliphatic rings. The topological polar surface area (TPSA) is 59.1 Å². The molecule has 1 fully saturated rings. The number of hydrogen-bond acceptors (Lipinski definition) is 5.